The second kappa shape index (κ2) is 7.06. The summed E-state index contributed by atoms with van der Waals surface area (Å²) in [7, 11) is 3.01. The highest BCUT2D eigenvalue weighted by atomic mass is 32.2. The number of hydrogen-bond donors (Lipinski definition) is 0. The quantitative estimate of drug-likeness (QED) is 0.632. The molecule has 4 nitrogen and oxygen atoms in total. The average molecular weight is 330 g/mol. The van der Waals surface area contributed by atoms with E-state index < -0.39 is 0 Å². The smallest absolute Gasteiger partial charge is 0.337 e. The zero-order valence-corrected chi connectivity index (χ0v) is 13.9. The summed E-state index contributed by atoms with van der Waals surface area (Å²) in [6, 6.07) is 11.8. The van der Waals surface area contributed by atoms with Crippen molar-refractivity contribution < 1.29 is 19.0 Å². The molecule has 0 saturated heterocycles. The largest absolute Gasteiger partial charge is 0.468 e. The first-order valence-corrected chi connectivity index (χ1v) is 8.16. The van der Waals surface area contributed by atoms with Crippen LogP contribution >= 0.6 is 11.8 Å². The third-order valence-electron chi connectivity index (χ3n) is 3.75. The summed E-state index contributed by atoms with van der Waals surface area (Å²) in [5, 5.41) is 0. The monoisotopic (exact) mass is 330 g/mol. The normalized spacial score (nSPS) is 12.8. The van der Waals surface area contributed by atoms with E-state index in [4.69, 9.17) is 14.2 Å². The van der Waals surface area contributed by atoms with Gasteiger partial charge in [0.25, 0.3) is 0 Å². The summed E-state index contributed by atoms with van der Waals surface area (Å²) in [4.78, 5) is 14.0. The Hall–Kier alpha value is -1.98. The molecule has 1 aliphatic heterocycles. The molecule has 0 spiro atoms. The Balaban J connectivity index is 1.89. The van der Waals surface area contributed by atoms with Crippen LogP contribution in [0.25, 0.3) is 0 Å². The summed E-state index contributed by atoms with van der Waals surface area (Å²) >= 11 is 1.68. The summed E-state index contributed by atoms with van der Waals surface area (Å²) in [6.07, 6.45) is 1.88. The van der Waals surface area contributed by atoms with Gasteiger partial charge in [-0.25, -0.2) is 4.79 Å². The minimum atomic E-state index is -0.304. The molecule has 120 valence electrons. The van der Waals surface area contributed by atoms with E-state index in [1.165, 1.54) is 23.1 Å². The highest BCUT2D eigenvalue weighted by Gasteiger charge is 2.17. The number of aryl methyl sites for hydroxylation is 2. The molecule has 3 rings (SSSR count). The van der Waals surface area contributed by atoms with E-state index in [0.29, 0.717) is 5.56 Å². The second-order valence-corrected chi connectivity index (χ2v) is 6.32. The number of carbonyl (C=O) groups is 1. The van der Waals surface area contributed by atoms with Crippen LogP contribution in [0.1, 0.15) is 21.5 Å². The molecule has 0 saturated carbocycles. The summed E-state index contributed by atoms with van der Waals surface area (Å²) in [5.41, 5.74) is 3.08. The molecule has 5 heteroatoms. The molecule has 2 aromatic rings. The van der Waals surface area contributed by atoms with E-state index in [2.05, 4.69) is 12.1 Å². The Labute approximate surface area is 139 Å². The van der Waals surface area contributed by atoms with Gasteiger partial charge in [0.15, 0.2) is 6.79 Å². The van der Waals surface area contributed by atoms with Gasteiger partial charge in [0.2, 0.25) is 0 Å². The maximum atomic E-state index is 11.7. The number of hydrogen-bond acceptors (Lipinski definition) is 5. The van der Waals surface area contributed by atoms with Crippen molar-refractivity contribution in [2.24, 2.45) is 0 Å². The first kappa shape index (κ1) is 15.9. The Kier molecular flexibility index (Phi) is 4.88. The molecule has 0 atom stereocenters. The Bertz CT molecular complexity index is 727. The highest BCUT2D eigenvalue weighted by molar-refractivity contribution is 7.99. The van der Waals surface area contributed by atoms with Crippen LogP contribution in [0.2, 0.25) is 0 Å². The molecule has 23 heavy (non-hydrogen) atoms. The van der Waals surface area contributed by atoms with Crippen LogP contribution in [-0.2, 0) is 22.3 Å². The van der Waals surface area contributed by atoms with Gasteiger partial charge in [-0.3, -0.25) is 0 Å². The molecule has 0 unspecified atom stereocenters. The maximum absolute atomic E-state index is 11.7. The molecular weight excluding hydrogens is 312 g/mol. The molecule has 0 aromatic heterocycles. The topological polar surface area (TPSA) is 44.8 Å². The number of benzene rings is 2. The SMILES string of the molecule is COCOc1ccc2c(c1)CCc1ccc(C(=O)OC)cc1S2. The van der Waals surface area contributed by atoms with Crippen LogP contribution in [0.5, 0.6) is 5.75 Å². The lowest BCUT2D eigenvalue weighted by atomic mass is 10.0. The number of ether oxygens (including phenoxy) is 3. The lowest BCUT2D eigenvalue weighted by Gasteiger charge is -2.10. The van der Waals surface area contributed by atoms with Gasteiger partial charge in [-0.1, -0.05) is 17.8 Å². The highest BCUT2D eigenvalue weighted by Crippen LogP contribution is 2.39. The van der Waals surface area contributed by atoms with Crippen molar-refractivity contribution in [1.29, 1.82) is 0 Å². The number of rotatable bonds is 4. The van der Waals surface area contributed by atoms with Crippen molar-refractivity contribution in [3.63, 3.8) is 0 Å². The minimum Gasteiger partial charge on any atom is -0.468 e. The van der Waals surface area contributed by atoms with Crippen molar-refractivity contribution in [3.8, 4) is 5.75 Å². The number of carbonyl (C=O) groups excluding carboxylic acids is 1. The molecular formula is C18H18O4S. The third kappa shape index (κ3) is 3.51. The van der Waals surface area contributed by atoms with E-state index in [-0.39, 0.29) is 12.8 Å². The van der Waals surface area contributed by atoms with Crippen LogP contribution in [0, 0.1) is 0 Å². The number of esters is 1. The summed E-state index contributed by atoms with van der Waals surface area (Å²) < 4.78 is 15.3. The fourth-order valence-electron chi connectivity index (χ4n) is 2.56. The first-order valence-electron chi connectivity index (χ1n) is 7.35. The van der Waals surface area contributed by atoms with Gasteiger partial charge in [-0.2, -0.15) is 0 Å². The van der Waals surface area contributed by atoms with E-state index in [1.807, 2.05) is 24.3 Å². The molecule has 0 fully saturated rings. The third-order valence-corrected chi connectivity index (χ3v) is 4.97. The lowest BCUT2D eigenvalue weighted by Crippen LogP contribution is -2.02. The van der Waals surface area contributed by atoms with Gasteiger partial charge in [-0.15, -0.1) is 0 Å². The Morgan fingerprint density at radius 1 is 1.04 bits per heavy atom. The van der Waals surface area contributed by atoms with Gasteiger partial charge in [0.05, 0.1) is 12.7 Å². The fraction of sp³-hybridized carbons (Fsp3) is 0.278. The Morgan fingerprint density at radius 2 is 1.87 bits per heavy atom. The lowest BCUT2D eigenvalue weighted by molar-refractivity contribution is 0.0510. The average Bonchev–Trinajstić information content (AvgIpc) is 2.77. The predicted molar refractivity (Wildman–Crippen MR) is 88.3 cm³/mol. The van der Waals surface area contributed by atoms with Crippen LogP contribution in [0.15, 0.2) is 46.2 Å². The zero-order valence-electron chi connectivity index (χ0n) is 13.1. The van der Waals surface area contributed by atoms with Gasteiger partial charge >= 0.3 is 5.97 Å². The van der Waals surface area contributed by atoms with Gasteiger partial charge in [-0.05, 0) is 54.3 Å². The second-order valence-electron chi connectivity index (χ2n) is 5.24. The number of fused-ring (bicyclic) bond motifs is 2. The summed E-state index contributed by atoms with van der Waals surface area (Å²) in [6.45, 7) is 0.245. The van der Waals surface area contributed by atoms with Gasteiger partial charge in [0.1, 0.15) is 5.75 Å². The molecule has 1 aliphatic rings. The maximum Gasteiger partial charge on any atom is 0.337 e. The van der Waals surface area contributed by atoms with Crippen molar-refractivity contribution in [2.75, 3.05) is 21.0 Å². The van der Waals surface area contributed by atoms with Crippen LogP contribution in [0.4, 0.5) is 0 Å². The zero-order chi connectivity index (χ0) is 16.2. The van der Waals surface area contributed by atoms with Crippen LogP contribution in [0.3, 0.4) is 0 Å². The molecule has 0 N–H and O–H groups in total. The van der Waals surface area contributed by atoms with E-state index >= 15 is 0 Å². The van der Waals surface area contributed by atoms with Crippen LogP contribution in [-0.4, -0.2) is 27.0 Å². The first-order chi connectivity index (χ1) is 11.2. The van der Waals surface area contributed by atoms with Crippen molar-refractivity contribution in [2.45, 2.75) is 22.6 Å². The van der Waals surface area contributed by atoms with E-state index in [0.717, 1.165) is 23.5 Å². The van der Waals surface area contributed by atoms with E-state index in [1.54, 1.807) is 18.9 Å². The number of methoxy groups -OCH3 is 2. The predicted octanol–water partition coefficient (Wildman–Crippen LogP) is 3.71. The molecule has 0 bridgehead atoms. The standard InChI is InChI=1S/C18H18O4S/c1-20-11-22-15-7-8-16-13(9-15)5-3-12-4-6-14(18(19)21-2)10-17(12)23-16/h4,6-10H,3,5,11H2,1-2H3. The van der Waals surface area contributed by atoms with Crippen molar-refractivity contribution >= 4 is 17.7 Å². The van der Waals surface area contributed by atoms with Crippen molar-refractivity contribution in [1.82, 2.24) is 0 Å². The van der Waals surface area contributed by atoms with E-state index in [9.17, 15) is 4.79 Å². The minimum absolute atomic E-state index is 0.245. The summed E-state index contributed by atoms with van der Waals surface area (Å²) in [5.74, 6) is 0.508. The Morgan fingerprint density at radius 3 is 2.65 bits per heavy atom. The molecule has 0 amide bonds. The van der Waals surface area contributed by atoms with Gasteiger partial charge < -0.3 is 14.2 Å². The van der Waals surface area contributed by atoms with Gasteiger partial charge in [0, 0.05) is 16.9 Å². The van der Waals surface area contributed by atoms with Crippen molar-refractivity contribution in [3.05, 3.63) is 53.1 Å². The molecule has 2 aromatic carbocycles. The molecule has 0 aliphatic carbocycles. The molecule has 0 radical (unpaired) electrons. The van der Waals surface area contributed by atoms with Crippen LogP contribution < -0.4 is 4.74 Å². The fourth-order valence-corrected chi connectivity index (χ4v) is 3.71. The molecule has 1 heterocycles.